The first kappa shape index (κ1) is 18.6. The fourth-order valence-corrected chi connectivity index (χ4v) is 4.98. The Morgan fingerprint density at radius 3 is 2.61 bits per heavy atom. The van der Waals surface area contributed by atoms with Gasteiger partial charge in [-0.15, -0.1) is 0 Å². The van der Waals surface area contributed by atoms with Gasteiger partial charge in [-0.05, 0) is 62.2 Å². The zero-order chi connectivity index (χ0) is 19.5. The van der Waals surface area contributed by atoms with E-state index in [9.17, 15) is 4.79 Å². The molecule has 2 aromatic heterocycles. The van der Waals surface area contributed by atoms with Gasteiger partial charge in [0.15, 0.2) is 5.13 Å². The lowest BCUT2D eigenvalue weighted by Gasteiger charge is -2.44. The summed E-state index contributed by atoms with van der Waals surface area (Å²) < 4.78 is 3.04. The molecule has 3 fully saturated rings. The maximum Gasteiger partial charge on any atom is 0.290 e. The number of rotatable bonds is 3. The van der Waals surface area contributed by atoms with Crippen molar-refractivity contribution < 1.29 is 14.7 Å². The molecular weight excluding hydrogens is 376 g/mol. The van der Waals surface area contributed by atoms with Gasteiger partial charge in [0.25, 0.3) is 12.4 Å². The van der Waals surface area contributed by atoms with Crippen molar-refractivity contribution in [3.63, 3.8) is 0 Å². The van der Waals surface area contributed by atoms with Gasteiger partial charge in [-0.25, -0.2) is 4.98 Å². The van der Waals surface area contributed by atoms with Gasteiger partial charge in [0.2, 0.25) is 0 Å². The first-order chi connectivity index (χ1) is 13.7. The normalized spacial score (nSPS) is 23.1. The summed E-state index contributed by atoms with van der Waals surface area (Å²) in [6, 6.07) is 10.1. The number of carbonyl (C=O) groups excluding carboxylic acids is 1. The minimum atomic E-state index is -0.250. The molecule has 146 valence electrons. The van der Waals surface area contributed by atoms with Crippen LogP contribution in [-0.4, -0.2) is 57.6 Å². The van der Waals surface area contributed by atoms with Crippen LogP contribution in [0.1, 0.15) is 23.2 Å². The number of piperidine rings is 3. The van der Waals surface area contributed by atoms with E-state index in [1.165, 1.54) is 25.9 Å². The Morgan fingerprint density at radius 1 is 1.25 bits per heavy atom. The molecule has 7 nitrogen and oxygen atoms in total. The van der Waals surface area contributed by atoms with Gasteiger partial charge in [0.1, 0.15) is 0 Å². The second kappa shape index (κ2) is 8.12. The van der Waals surface area contributed by atoms with Crippen LogP contribution >= 0.6 is 11.3 Å². The number of carbonyl (C=O) groups is 2. The van der Waals surface area contributed by atoms with Crippen LogP contribution in [0.2, 0.25) is 0 Å². The Bertz CT molecular complexity index is 961. The molecule has 2 N–H and O–H groups in total. The second-order valence-electron chi connectivity index (χ2n) is 7.09. The summed E-state index contributed by atoms with van der Waals surface area (Å²) in [5.74, 6) is 0.679. The smallest absolute Gasteiger partial charge is 0.290 e. The molecule has 1 atom stereocenters. The first-order valence-electron chi connectivity index (χ1n) is 9.33. The Kier molecular flexibility index (Phi) is 5.40. The molecule has 1 amide bonds. The van der Waals surface area contributed by atoms with Gasteiger partial charge < -0.3 is 19.9 Å². The highest BCUT2D eigenvalue weighted by atomic mass is 32.1. The van der Waals surface area contributed by atoms with Gasteiger partial charge in [0.05, 0.1) is 10.2 Å². The molecule has 2 bridgehead atoms. The van der Waals surface area contributed by atoms with E-state index >= 15 is 0 Å². The highest BCUT2D eigenvalue weighted by Gasteiger charge is 2.34. The maximum absolute atomic E-state index is 12.7. The first-order valence-corrected chi connectivity index (χ1v) is 10.1. The average molecular weight is 398 g/mol. The van der Waals surface area contributed by atoms with Gasteiger partial charge in [-0.1, -0.05) is 11.3 Å². The third-order valence-corrected chi connectivity index (χ3v) is 6.47. The summed E-state index contributed by atoms with van der Waals surface area (Å²) in [7, 11) is 0. The Morgan fingerprint density at radius 2 is 1.96 bits per heavy atom. The van der Waals surface area contributed by atoms with Gasteiger partial charge in [-0.3, -0.25) is 9.59 Å². The van der Waals surface area contributed by atoms with Crippen molar-refractivity contribution in [1.29, 1.82) is 0 Å². The summed E-state index contributed by atoms with van der Waals surface area (Å²) in [6.45, 7) is 3.12. The van der Waals surface area contributed by atoms with E-state index in [0.29, 0.717) is 12.0 Å². The van der Waals surface area contributed by atoms with Gasteiger partial charge >= 0.3 is 0 Å². The van der Waals surface area contributed by atoms with Crippen LogP contribution in [-0.2, 0) is 4.79 Å². The molecule has 28 heavy (non-hydrogen) atoms. The van der Waals surface area contributed by atoms with Crippen LogP contribution in [0.4, 0.5) is 0 Å². The van der Waals surface area contributed by atoms with Crippen molar-refractivity contribution in [3.05, 3.63) is 48.3 Å². The molecule has 0 unspecified atom stereocenters. The van der Waals surface area contributed by atoms with E-state index in [-0.39, 0.29) is 12.4 Å². The third kappa shape index (κ3) is 3.79. The molecule has 3 saturated heterocycles. The van der Waals surface area contributed by atoms with Crippen LogP contribution in [0.25, 0.3) is 15.3 Å². The quantitative estimate of drug-likeness (QED) is 0.662. The highest BCUT2D eigenvalue weighted by molar-refractivity contribution is 7.20. The van der Waals surface area contributed by atoms with E-state index in [1.54, 1.807) is 11.3 Å². The SMILES string of the molecule is O=C(N[C@H]1CN2CCC1CC2)c1ccc2nc(-n3cccc3)sc2c1.O=CO. The van der Waals surface area contributed by atoms with E-state index in [0.717, 1.165) is 27.5 Å². The van der Waals surface area contributed by atoms with Crippen molar-refractivity contribution in [2.45, 2.75) is 18.9 Å². The predicted molar refractivity (Wildman–Crippen MR) is 108 cm³/mol. The number of amides is 1. The summed E-state index contributed by atoms with van der Waals surface area (Å²) in [5, 5.41) is 11.1. The second-order valence-corrected chi connectivity index (χ2v) is 8.10. The Hall–Kier alpha value is -2.71. The molecule has 3 aromatic rings. The Labute approximate surface area is 166 Å². The number of aromatic nitrogens is 2. The third-order valence-electron chi connectivity index (χ3n) is 5.44. The molecule has 0 radical (unpaired) electrons. The molecule has 0 aliphatic carbocycles. The van der Waals surface area contributed by atoms with E-state index in [4.69, 9.17) is 9.90 Å². The molecule has 3 aliphatic rings. The van der Waals surface area contributed by atoms with Crippen molar-refractivity contribution in [2.24, 2.45) is 5.92 Å². The lowest BCUT2D eigenvalue weighted by molar-refractivity contribution is -0.122. The maximum atomic E-state index is 12.7. The number of fused-ring (bicyclic) bond motifs is 4. The number of nitrogens with one attached hydrogen (secondary N) is 1. The van der Waals surface area contributed by atoms with E-state index < -0.39 is 0 Å². The summed E-state index contributed by atoms with van der Waals surface area (Å²) in [6.07, 6.45) is 6.38. The molecule has 3 aliphatic heterocycles. The van der Waals surface area contributed by atoms with Crippen LogP contribution in [0.5, 0.6) is 0 Å². The van der Waals surface area contributed by atoms with Crippen LogP contribution < -0.4 is 5.32 Å². The van der Waals surface area contributed by atoms with Gasteiger partial charge in [-0.2, -0.15) is 0 Å². The fourth-order valence-electron chi connectivity index (χ4n) is 4.01. The number of thiazole rings is 1. The number of hydrogen-bond donors (Lipinski definition) is 2. The minimum Gasteiger partial charge on any atom is -0.483 e. The molecule has 1 aromatic carbocycles. The largest absolute Gasteiger partial charge is 0.483 e. The summed E-state index contributed by atoms with van der Waals surface area (Å²) in [4.78, 5) is 28.2. The minimum absolute atomic E-state index is 0.0385. The number of hydrogen-bond acceptors (Lipinski definition) is 5. The van der Waals surface area contributed by atoms with Crippen molar-refractivity contribution >= 4 is 33.9 Å². The fraction of sp³-hybridized carbons (Fsp3) is 0.350. The topological polar surface area (TPSA) is 87.5 Å². The van der Waals surface area contributed by atoms with Crippen molar-refractivity contribution in [3.8, 4) is 5.13 Å². The molecule has 8 heteroatoms. The zero-order valence-corrected chi connectivity index (χ0v) is 16.1. The lowest BCUT2D eigenvalue weighted by Crippen LogP contribution is -2.57. The van der Waals surface area contributed by atoms with Crippen LogP contribution in [0.3, 0.4) is 0 Å². The standard InChI is InChI=1S/C19H20N4OS.CH2O2/c24-18(20-16-12-22-9-5-13(16)6-10-22)14-3-4-15-17(11-14)25-19(21-15)23-7-1-2-8-23;2-1-3/h1-4,7-8,11,13,16H,5-6,9-10,12H2,(H,20,24);1H,(H,2,3)/t16-;/m0./s1. The van der Waals surface area contributed by atoms with Gasteiger partial charge in [0, 0.05) is 30.5 Å². The monoisotopic (exact) mass is 398 g/mol. The summed E-state index contributed by atoms with van der Waals surface area (Å²) in [5.41, 5.74) is 1.67. The highest BCUT2D eigenvalue weighted by Crippen LogP contribution is 2.29. The van der Waals surface area contributed by atoms with Crippen molar-refractivity contribution in [1.82, 2.24) is 19.8 Å². The molecule has 0 spiro atoms. The van der Waals surface area contributed by atoms with Crippen LogP contribution in [0, 0.1) is 5.92 Å². The average Bonchev–Trinajstić information content (AvgIpc) is 3.38. The lowest BCUT2D eigenvalue weighted by atomic mass is 9.84. The molecular formula is C20H22N4O3S. The predicted octanol–water partition coefficient (Wildman–Crippen LogP) is 2.61. The van der Waals surface area contributed by atoms with Crippen molar-refractivity contribution in [2.75, 3.05) is 19.6 Å². The molecule has 5 heterocycles. The van der Waals surface area contributed by atoms with Crippen LogP contribution in [0.15, 0.2) is 42.7 Å². The molecule has 0 saturated carbocycles. The van der Waals surface area contributed by atoms with E-state index in [2.05, 4.69) is 15.2 Å². The number of carboxylic acid groups (broad SMARTS) is 1. The number of benzene rings is 1. The zero-order valence-electron chi connectivity index (χ0n) is 15.3. The Balaban J connectivity index is 0.000000604. The summed E-state index contributed by atoms with van der Waals surface area (Å²) >= 11 is 1.61. The molecule has 6 rings (SSSR count). The van der Waals surface area contributed by atoms with E-state index in [1.807, 2.05) is 47.3 Å². The number of nitrogens with zero attached hydrogens (tertiary/aromatic N) is 3.